The van der Waals surface area contributed by atoms with E-state index < -0.39 is 0 Å². The smallest absolute Gasteiger partial charge is 0.213 e. The highest BCUT2D eigenvalue weighted by Gasteiger charge is 2.22. The van der Waals surface area contributed by atoms with Crippen molar-refractivity contribution in [1.82, 2.24) is 4.57 Å². The Morgan fingerprint density at radius 2 is 1.28 bits per heavy atom. The van der Waals surface area contributed by atoms with Gasteiger partial charge in [0, 0.05) is 58.7 Å². The molecular formula is C38H23ClN2OS. The number of hydrogen-bond acceptors (Lipinski definition) is 3. The molecule has 9 rings (SSSR count). The molecule has 0 saturated carbocycles. The first-order chi connectivity index (χ1) is 21.2. The summed E-state index contributed by atoms with van der Waals surface area (Å²) in [5.74, 6) is 0. The first-order valence-electron chi connectivity index (χ1n) is 14.2. The zero-order valence-electron chi connectivity index (χ0n) is 22.9. The van der Waals surface area contributed by atoms with Crippen molar-refractivity contribution in [2.24, 2.45) is 0 Å². The van der Waals surface area contributed by atoms with E-state index in [0.29, 0.717) is 5.02 Å². The van der Waals surface area contributed by atoms with E-state index in [-0.39, 0.29) is 0 Å². The number of anilines is 3. The van der Waals surface area contributed by atoms with E-state index in [0.717, 1.165) is 55.7 Å². The number of furan rings is 1. The van der Waals surface area contributed by atoms with Gasteiger partial charge in [0.15, 0.2) is 0 Å². The highest BCUT2D eigenvalue weighted by molar-refractivity contribution is 7.25. The van der Waals surface area contributed by atoms with Gasteiger partial charge in [-0.3, -0.25) is 4.57 Å². The summed E-state index contributed by atoms with van der Waals surface area (Å²) in [7, 11) is 0. The van der Waals surface area contributed by atoms with Gasteiger partial charge < -0.3 is 9.32 Å². The van der Waals surface area contributed by atoms with Crippen molar-refractivity contribution >= 4 is 93.1 Å². The Morgan fingerprint density at radius 1 is 0.558 bits per heavy atom. The summed E-state index contributed by atoms with van der Waals surface area (Å²) < 4.78 is 11.3. The first kappa shape index (κ1) is 24.6. The maximum absolute atomic E-state index is 6.52. The van der Waals surface area contributed by atoms with Crippen molar-refractivity contribution in [1.29, 1.82) is 0 Å². The van der Waals surface area contributed by atoms with Gasteiger partial charge in [-0.15, -0.1) is 11.3 Å². The molecule has 0 fully saturated rings. The van der Waals surface area contributed by atoms with Crippen LogP contribution in [-0.2, 0) is 0 Å². The van der Waals surface area contributed by atoms with E-state index >= 15 is 0 Å². The van der Waals surface area contributed by atoms with Crippen LogP contribution in [0.25, 0.3) is 58.8 Å². The molecule has 0 aliphatic heterocycles. The van der Waals surface area contributed by atoms with Crippen LogP contribution in [-0.4, -0.2) is 4.57 Å². The molecule has 204 valence electrons. The number of fused-ring (bicyclic) bond motifs is 8. The van der Waals surface area contributed by atoms with Crippen molar-refractivity contribution in [3.05, 3.63) is 145 Å². The minimum absolute atomic E-state index is 0.694. The molecule has 3 nitrogen and oxygen atoms in total. The van der Waals surface area contributed by atoms with Gasteiger partial charge in [0.1, 0.15) is 5.58 Å². The van der Waals surface area contributed by atoms with Crippen molar-refractivity contribution in [2.45, 2.75) is 0 Å². The quantitative estimate of drug-likeness (QED) is 0.203. The van der Waals surface area contributed by atoms with E-state index in [9.17, 15) is 0 Å². The average molecular weight is 591 g/mol. The van der Waals surface area contributed by atoms with Crippen LogP contribution in [0.5, 0.6) is 0 Å². The van der Waals surface area contributed by atoms with E-state index in [1.807, 2.05) is 35.6 Å². The van der Waals surface area contributed by atoms with Crippen LogP contribution >= 0.6 is 22.9 Å². The summed E-state index contributed by atoms with van der Waals surface area (Å²) in [6.07, 6.45) is 0. The second-order valence-electron chi connectivity index (χ2n) is 10.7. The predicted molar refractivity (Wildman–Crippen MR) is 183 cm³/mol. The van der Waals surface area contributed by atoms with Crippen molar-refractivity contribution in [3.63, 3.8) is 0 Å². The molecule has 0 unspecified atom stereocenters. The standard InChI is InChI=1S/C38H23ClN2OS/c39-24-15-19-34-32(21-24)37-30-18-16-28(23-33(30)41(38(37)42-34)26-11-5-2-6-12-26)40(25-9-3-1-4-10-25)27-17-20-36-31(22-27)29-13-7-8-14-35(29)43-36/h1-23H. The normalized spacial score (nSPS) is 11.8. The number of para-hydroxylation sites is 2. The van der Waals surface area contributed by atoms with Crippen molar-refractivity contribution < 1.29 is 4.42 Å². The number of nitrogens with zero attached hydrogens (tertiary/aromatic N) is 2. The second-order valence-corrected chi connectivity index (χ2v) is 12.3. The lowest BCUT2D eigenvalue weighted by Crippen LogP contribution is -2.09. The summed E-state index contributed by atoms with van der Waals surface area (Å²) in [6, 6.07) is 49.0. The van der Waals surface area contributed by atoms with E-state index in [2.05, 4.69) is 125 Å². The maximum Gasteiger partial charge on any atom is 0.213 e. The Bertz CT molecular complexity index is 2470. The lowest BCUT2D eigenvalue weighted by molar-refractivity contribution is 0.645. The largest absolute Gasteiger partial charge is 0.439 e. The monoisotopic (exact) mass is 590 g/mol. The van der Waals surface area contributed by atoms with Crippen LogP contribution in [0.3, 0.4) is 0 Å². The zero-order chi connectivity index (χ0) is 28.5. The van der Waals surface area contributed by atoms with Gasteiger partial charge in [-0.1, -0.05) is 66.2 Å². The minimum Gasteiger partial charge on any atom is -0.439 e. The fourth-order valence-electron chi connectivity index (χ4n) is 6.35. The molecule has 3 aromatic heterocycles. The summed E-state index contributed by atoms with van der Waals surface area (Å²) in [5.41, 5.74) is 7.03. The Kier molecular flexibility index (Phi) is 5.42. The average Bonchev–Trinajstić information content (AvgIpc) is 3.70. The van der Waals surface area contributed by atoms with E-state index in [4.69, 9.17) is 16.0 Å². The van der Waals surface area contributed by atoms with E-state index in [1.165, 1.54) is 20.2 Å². The third-order valence-electron chi connectivity index (χ3n) is 8.23. The summed E-state index contributed by atoms with van der Waals surface area (Å²) in [5, 5.41) is 6.46. The maximum atomic E-state index is 6.52. The highest BCUT2D eigenvalue weighted by Crippen LogP contribution is 2.44. The molecule has 0 N–H and O–H groups in total. The van der Waals surface area contributed by atoms with Gasteiger partial charge in [-0.2, -0.15) is 0 Å². The van der Waals surface area contributed by atoms with Gasteiger partial charge in [-0.05, 0) is 84.9 Å². The molecule has 0 aliphatic carbocycles. The molecule has 0 aliphatic rings. The van der Waals surface area contributed by atoms with Crippen molar-refractivity contribution in [2.75, 3.05) is 4.90 Å². The fraction of sp³-hybridized carbons (Fsp3) is 0. The van der Waals surface area contributed by atoms with Gasteiger partial charge >= 0.3 is 0 Å². The van der Waals surface area contributed by atoms with Gasteiger partial charge in [0.2, 0.25) is 5.71 Å². The highest BCUT2D eigenvalue weighted by atomic mass is 35.5. The number of hydrogen-bond donors (Lipinski definition) is 0. The summed E-state index contributed by atoms with van der Waals surface area (Å²) in [4.78, 5) is 2.34. The molecule has 0 radical (unpaired) electrons. The van der Waals surface area contributed by atoms with Crippen LogP contribution < -0.4 is 4.90 Å². The van der Waals surface area contributed by atoms with Crippen LogP contribution in [0, 0.1) is 0 Å². The fourth-order valence-corrected chi connectivity index (χ4v) is 7.61. The SMILES string of the molecule is Clc1ccc2oc3c(c2c1)c1ccc(N(c2ccccc2)c2ccc4sc5ccccc5c4c2)cc1n3-c1ccccc1. The molecule has 0 atom stereocenters. The second kappa shape index (κ2) is 9.50. The van der Waals surface area contributed by atoms with Crippen LogP contribution in [0.15, 0.2) is 144 Å². The Hall–Kier alpha value is -5.03. The van der Waals surface area contributed by atoms with E-state index in [1.54, 1.807) is 0 Å². The lowest BCUT2D eigenvalue weighted by Gasteiger charge is -2.26. The first-order valence-corrected chi connectivity index (χ1v) is 15.4. The van der Waals surface area contributed by atoms with Crippen LogP contribution in [0.2, 0.25) is 5.02 Å². The Morgan fingerprint density at radius 3 is 2.14 bits per heavy atom. The van der Waals surface area contributed by atoms with Crippen LogP contribution in [0.1, 0.15) is 0 Å². The number of thiophene rings is 1. The molecule has 0 saturated heterocycles. The van der Waals surface area contributed by atoms with Gasteiger partial charge in [0.25, 0.3) is 0 Å². The van der Waals surface area contributed by atoms with Gasteiger partial charge in [-0.25, -0.2) is 0 Å². The molecule has 0 amide bonds. The number of rotatable bonds is 4. The molecule has 43 heavy (non-hydrogen) atoms. The zero-order valence-corrected chi connectivity index (χ0v) is 24.4. The third-order valence-corrected chi connectivity index (χ3v) is 9.62. The molecule has 6 aromatic carbocycles. The van der Waals surface area contributed by atoms with Crippen LogP contribution in [0.4, 0.5) is 17.1 Å². The molecule has 5 heteroatoms. The molecular weight excluding hydrogens is 568 g/mol. The third kappa shape index (κ3) is 3.81. The topological polar surface area (TPSA) is 21.3 Å². The van der Waals surface area contributed by atoms with Gasteiger partial charge in [0.05, 0.1) is 10.9 Å². The Labute approximate surface area is 256 Å². The lowest BCUT2D eigenvalue weighted by atomic mass is 10.1. The number of halogens is 1. The molecule has 3 heterocycles. The van der Waals surface area contributed by atoms with Crippen molar-refractivity contribution in [3.8, 4) is 5.69 Å². The predicted octanol–water partition coefficient (Wildman–Crippen LogP) is 12.0. The summed E-state index contributed by atoms with van der Waals surface area (Å²) in [6.45, 7) is 0. The molecule has 9 aromatic rings. The summed E-state index contributed by atoms with van der Waals surface area (Å²) >= 11 is 8.31. The number of aromatic nitrogens is 1. The Balaban J connectivity index is 1.33. The molecule has 0 spiro atoms. The number of benzene rings is 6. The minimum atomic E-state index is 0.694. The molecule has 0 bridgehead atoms.